The minimum atomic E-state index is 0.375. The Kier molecular flexibility index (Phi) is 4.69. The number of aromatic nitrogens is 2. The fraction of sp³-hybridized carbons (Fsp3) is 0.533. The fourth-order valence-corrected chi connectivity index (χ4v) is 3.16. The lowest BCUT2D eigenvalue weighted by atomic mass is 10.0. The molecule has 1 unspecified atom stereocenters. The quantitative estimate of drug-likeness (QED) is 0.698. The summed E-state index contributed by atoms with van der Waals surface area (Å²) in [5.74, 6) is 0.756. The molecule has 0 fully saturated rings. The number of benzene rings is 1. The molecule has 0 aliphatic rings. The van der Waals surface area contributed by atoms with Crippen LogP contribution in [-0.4, -0.2) is 9.55 Å². The number of nitrogens with one attached hydrogen (secondary N) is 1. The fourth-order valence-electron chi connectivity index (χ4n) is 2.51. The van der Waals surface area contributed by atoms with Gasteiger partial charge in [-0.25, -0.2) is 0 Å². The third kappa shape index (κ3) is 3.21. The van der Waals surface area contributed by atoms with E-state index in [2.05, 4.69) is 30.3 Å². The van der Waals surface area contributed by atoms with Crippen LogP contribution < -0.4 is 0 Å². The molecule has 2 nitrogen and oxygen atoms in total. The van der Waals surface area contributed by atoms with E-state index in [4.69, 9.17) is 23.8 Å². The molecule has 0 radical (unpaired) electrons. The number of aromatic amines is 1. The van der Waals surface area contributed by atoms with Gasteiger partial charge in [0.25, 0.3) is 0 Å². The Hall–Kier alpha value is -0.800. The van der Waals surface area contributed by atoms with Crippen LogP contribution in [0.5, 0.6) is 0 Å². The number of rotatable bonds is 5. The molecule has 1 N–H and O–H groups in total. The van der Waals surface area contributed by atoms with E-state index < -0.39 is 0 Å². The molecule has 1 aromatic carbocycles. The summed E-state index contributed by atoms with van der Waals surface area (Å²) in [4.78, 5) is 3.24. The number of hydrogen-bond acceptors (Lipinski definition) is 1. The van der Waals surface area contributed by atoms with Gasteiger partial charge in [-0.05, 0) is 43.6 Å². The van der Waals surface area contributed by atoms with Gasteiger partial charge in [0.2, 0.25) is 0 Å². The molecular formula is C15H21ClN2S. The zero-order valence-electron chi connectivity index (χ0n) is 11.7. The smallest absolute Gasteiger partial charge is 0.178 e. The molecule has 104 valence electrons. The summed E-state index contributed by atoms with van der Waals surface area (Å²) in [6.07, 6.45) is 3.61. The van der Waals surface area contributed by atoms with E-state index in [1.165, 1.54) is 12.8 Å². The molecule has 0 spiro atoms. The van der Waals surface area contributed by atoms with Crippen molar-refractivity contribution in [1.29, 1.82) is 0 Å². The molecule has 0 bridgehead atoms. The first kappa shape index (κ1) is 14.6. The Morgan fingerprint density at radius 3 is 2.68 bits per heavy atom. The zero-order valence-corrected chi connectivity index (χ0v) is 13.3. The van der Waals surface area contributed by atoms with Gasteiger partial charge in [0.1, 0.15) is 0 Å². The molecule has 0 aliphatic carbocycles. The minimum absolute atomic E-state index is 0.375. The van der Waals surface area contributed by atoms with Crippen LogP contribution in [0.1, 0.15) is 46.1 Å². The van der Waals surface area contributed by atoms with Crippen molar-refractivity contribution < 1.29 is 0 Å². The van der Waals surface area contributed by atoms with Gasteiger partial charge >= 0.3 is 0 Å². The summed E-state index contributed by atoms with van der Waals surface area (Å²) in [6, 6.07) is 6.27. The van der Waals surface area contributed by atoms with Gasteiger partial charge in [0, 0.05) is 6.04 Å². The maximum atomic E-state index is 6.32. The highest BCUT2D eigenvalue weighted by Gasteiger charge is 2.13. The second-order valence-corrected chi connectivity index (χ2v) is 6.40. The first-order valence-electron chi connectivity index (χ1n) is 6.89. The number of nitrogens with zero attached hydrogens (tertiary/aromatic N) is 1. The van der Waals surface area contributed by atoms with Gasteiger partial charge in [0.15, 0.2) is 4.77 Å². The number of imidazole rings is 1. The van der Waals surface area contributed by atoms with Crippen LogP contribution in [0.3, 0.4) is 0 Å². The third-order valence-corrected chi connectivity index (χ3v) is 4.14. The van der Waals surface area contributed by atoms with Crippen molar-refractivity contribution in [2.45, 2.75) is 46.1 Å². The van der Waals surface area contributed by atoms with Crippen LogP contribution in [-0.2, 0) is 0 Å². The lowest BCUT2D eigenvalue weighted by Crippen LogP contribution is -2.06. The van der Waals surface area contributed by atoms with Gasteiger partial charge in [-0.15, -0.1) is 0 Å². The highest BCUT2D eigenvalue weighted by atomic mass is 35.5. The summed E-state index contributed by atoms with van der Waals surface area (Å²) in [7, 11) is 0. The van der Waals surface area contributed by atoms with Crippen LogP contribution in [0, 0.1) is 10.7 Å². The molecule has 0 saturated carbocycles. The molecule has 0 aliphatic heterocycles. The van der Waals surface area contributed by atoms with E-state index in [0.29, 0.717) is 6.04 Å². The van der Waals surface area contributed by atoms with Crippen molar-refractivity contribution in [1.82, 2.24) is 9.55 Å². The van der Waals surface area contributed by atoms with Gasteiger partial charge in [-0.2, -0.15) is 0 Å². The average molecular weight is 297 g/mol. The first-order chi connectivity index (χ1) is 9.00. The lowest BCUT2D eigenvalue weighted by molar-refractivity contribution is 0.451. The van der Waals surface area contributed by atoms with E-state index in [1.807, 2.05) is 18.2 Å². The Morgan fingerprint density at radius 2 is 2.00 bits per heavy atom. The zero-order chi connectivity index (χ0) is 14.0. The number of fused-ring (bicyclic) bond motifs is 1. The summed E-state index contributed by atoms with van der Waals surface area (Å²) >= 11 is 11.8. The maximum absolute atomic E-state index is 6.32. The molecule has 1 heterocycles. The highest BCUT2D eigenvalue weighted by molar-refractivity contribution is 7.71. The molecule has 2 aromatic rings. The van der Waals surface area contributed by atoms with E-state index in [9.17, 15) is 0 Å². The number of hydrogen-bond donors (Lipinski definition) is 1. The van der Waals surface area contributed by atoms with Crippen molar-refractivity contribution >= 4 is 34.9 Å². The van der Waals surface area contributed by atoms with Crippen molar-refractivity contribution in [3.8, 4) is 0 Å². The molecule has 2 rings (SSSR count). The van der Waals surface area contributed by atoms with E-state index in [-0.39, 0.29) is 0 Å². The summed E-state index contributed by atoms with van der Waals surface area (Å²) in [6.45, 7) is 6.74. The lowest BCUT2D eigenvalue weighted by Gasteiger charge is -2.15. The molecule has 1 atom stereocenters. The maximum Gasteiger partial charge on any atom is 0.178 e. The second kappa shape index (κ2) is 6.10. The van der Waals surface area contributed by atoms with Gasteiger partial charge in [-0.1, -0.05) is 44.4 Å². The van der Waals surface area contributed by atoms with Crippen molar-refractivity contribution in [3.05, 3.63) is 28.0 Å². The summed E-state index contributed by atoms with van der Waals surface area (Å²) in [5, 5.41) is 0.764. The second-order valence-electron chi connectivity index (χ2n) is 5.61. The molecular weight excluding hydrogens is 276 g/mol. The van der Waals surface area contributed by atoms with Crippen LogP contribution >= 0.6 is 23.8 Å². The standard InChI is InChI=1S/C15H21ClN2S/c1-10(2)6-4-7-11(3)18-14-12(16)8-5-9-13(14)17-15(18)19/h5,8-11H,4,6-7H2,1-3H3,(H,17,19). The molecule has 0 amide bonds. The SMILES string of the molecule is CC(C)CCCC(C)n1c(=S)[nH]c2cccc(Cl)c21. The Morgan fingerprint density at radius 1 is 1.26 bits per heavy atom. The topological polar surface area (TPSA) is 20.7 Å². The van der Waals surface area contributed by atoms with E-state index >= 15 is 0 Å². The summed E-state index contributed by atoms with van der Waals surface area (Å²) < 4.78 is 2.92. The predicted octanol–water partition coefficient (Wildman–Crippen LogP) is 5.74. The van der Waals surface area contributed by atoms with E-state index in [1.54, 1.807) is 0 Å². The monoisotopic (exact) mass is 296 g/mol. The van der Waals surface area contributed by atoms with Crippen molar-refractivity contribution in [2.75, 3.05) is 0 Å². The highest BCUT2D eigenvalue weighted by Crippen LogP contribution is 2.28. The van der Waals surface area contributed by atoms with Crippen LogP contribution in [0.15, 0.2) is 18.2 Å². The number of para-hydroxylation sites is 1. The Labute approximate surface area is 124 Å². The largest absolute Gasteiger partial charge is 0.331 e. The molecule has 0 saturated heterocycles. The molecule has 1 aromatic heterocycles. The van der Waals surface area contributed by atoms with Crippen molar-refractivity contribution in [2.24, 2.45) is 5.92 Å². The molecule has 19 heavy (non-hydrogen) atoms. The minimum Gasteiger partial charge on any atom is -0.331 e. The third-order valence-electron chi connectivity index (χ3n) is 3.53. The van der Waals surface area contributed by atoms with Crippen molar-refractivity contribution in [3.63, 3.8) is 0 Å². The predicted molar refractivity (Wildman–Crippen MR) is 85.5 cm³/mol. The van der Waals surface area contributed by atoms with Crippen LogP contribution in [0.25, 0.3) is 11.0 Å². The normalized spacial score (nSPS) is 13.3. The first-order valence-corrected chi connectivity index (χ1v) is 7.68. The van der Waals surface area contributed by atoms with Gasteiger partial charge in [-0.3, -0.25) is 0 Å². The average Bonchev–Trinajstić information content (AvgIpc) is 2.66. The summed E-state index contributed by atoms with van der Waals surface area (Å²) in [5.41, 5.74) is 2.06. The Bertz CT molecular complexity index is 612. The van der Waals surface area contributed by atoms with E-state index in [0.717, 1.165) is 33.2 Å². The number of halogens is 1. The van der Waals surface area contributed by atoms with Gasteiger partial charge < -0.3 is 9.55 Å². The van der Waals surface area contributed by atoms with Crippen LogP contribution in [0.2, 0.25) is 5.02 Å². The number of H-pyrrole nitrogens is 1. The van der Waals surface area contributed by atoms with Gasteiger partial charge in [0.05, 0.1) is 16.1 Å². The molecule has 4 heteroatoms. The van der Waals surface area contributed by atoms with Crippen LogP contribution in [0.4, 0.5) is 0 Å². The Balaban J connectivity index is 2.29.